The number of likely N-dealkylation sites (N-methyl/N-ethyl adjacent to an activating group) is 1. The maximum atomic E-state index is 13.7. The van der Waals surface area contributed by atoms with Gasteiger partial charge in [0.15, 0.2) is 0 Å². The zero-order valence-electron chi connectivity index (χ0n) is 20.4. The monoisotopic (exact) mass is 563 g/mol. The summed E-state index contributed by atoms with van der Waals surface area (Å²) in [5.74, 6) is -0.00703. The lowest BCUT2D eigenvalue weighted by Crippen LogP contribution is -2.44. The predicted octanol–water partition coefficient (Wildman–Crippen LogP) is 7.70. The van der Waals surface area contributed by atoms with E-state index in [9.17, 15) is 4.79 Å². The normalized spacial score (nSPS) is 14.9. The molecule has 3 aromatic rings. The average molecular weight is 565 g/mol. The van der Waals surface area contributed by atoms with Crippen LogP contribution in [0.4, 0.5) is 5.69 Å². The molecule has 3 aromatic carbocycles. The Hall–Kier alpha value is -1.79. The summed E-state index contributed by atoms with van der Waals surface area (Å²) >= 11 is 25.1. The highest BCUT2D eigenvalue weighted by Gasteiger charge is 2.30. The van der Waals surface area contributed by atoms with Crippen molar-refractivity contribution in [1.29, 1.82) is 0 Å². The van der Waals surface area contributed by atoms with Crippen molar-refractivity contribution in [2.24, 2.45) is 0 Å². The second-order valence-electron chi connectivity index (χ2n) is 9.37. The summed E-state index contributed by atoms with van der Waals surface area (Å²) in [6, 6.07) is 18.9. The molecule has 1 atom stereocenters. The molecule has 0 saturated carbocycles. The number of benzene rings is 3. The third kappa shape index (κ3) is 6.55. The fraction of sp³-hybridized carbons (Fsp3) is 0.321. The third-order valence-corrected chi connectivity index (χ3v) is 7.67. The highest BCUT2D eigenvalue weighted by Crippen LogP contribution is 2.36. The van der Waals surface area contributed by atoms with Gasteiger partial charge >= 0.3 is 0 Å². The first-order valence-electron chi connectivity index (χ1n) is 11.9. The van der Waals surface area contributed by atoms with Crippen molar-refractivity contribution in [2.75, 3.05) is 45.2 Å². The van der Waals surface area contributed by atoms with Crippen LogP contribution in [-0.2, 0) is 4.79 Å². The highest BCUT2D eigenvalue weighted by molar-refractivity contribution is 6.42. The van der Waals surface area contributed by atoms with Crippen LogP contribution in [0.25, 0.3) is 11.1 Å². The molecule has 190 valence electrons. The first-order chi connectivity index (χ1) is 17.2. The lowest BCUT2D eigenvalue weighted by atomic mass is 9.98. The van der Waals surface area contributed by atoms with Crippen molar-refractivity contribution in [3.05, 3.63) is 86.3 Å². The number of amides is 1. The van der Waals surface area contributed by atoms with Crippen LogP contribution in [0.1, 0.15) is 24.4 Å². The lowest BCUT2D eigenvalue weighted by Gasteiger charge is -2.36. The summed E-state index contributed by atoms with van der Waals surface area (Å²) < 4.78 is 0. The number of carbonyl (C=O) groups is 1. The maximum absolute atomic E-state index is 13.7. The molecule has 0 bridgehead atoms. The Bertz CT molecular complexity index is 1210. The van der Waals surface area contributed by atoms with Gasteiger partial charge in [-0.15, -0.1) is 0 Å². The van der Waals surface area contributed by atoms with E-state index in [0.717, 1.165) is 42.0 Å². The van der Waals surface area contributed by atoms with Gasteiger partial charge in [0.05, 0.1) is 22.6 Å². The average Bonchev–Trinajstić information content (AvgIpc) is 3.34. The molecule has 1 aliphatic heterocycles. The molecule has 1 fully saturated rings. The van der Waals surface area contributed by atoms with Gasteiger partial charge in [-0.05, 0) is 81.5 Å². The van der Waals surface area contributed by atoms with Crippen LogP contribution in [0.3, 0.4) is 0 Å². The van der Waals surface area contributed by atoms with Crippen LogP contribution in [0, 0.1) is 0 Å². The van der Waals surface area contributed by atoms with E-state index in [-0.39, 0.29) is 18.5 Å². The molecular weight excluding hydrogens is 536 g/mol. The van der Waals surface area contributed by atoms with Crippen molar-refractivity contribution in [3.63, 3.8) is 0 Å². The molecule has 1 unspecified atom stereocenters. The highest BCUT2D eigenvalue weighted by atomic mass is 35.5. The van der Waals surface area contributed by atoms with Gasteiger partial charge < -0.3 is 14.7 Å². The molecule has 0 radical (unpaired) electrons. The number of anilines is 1. The van der Waals surface area contributed by atoms with Gasteiger partial charge in [0.2, 0.25) is 5.91 Å². The Labute approximate surface area is 233 Å². The molecule has 0 spiro atoms. The van der Waals surface area contributed by atoms with Crippen LogP contribution >= 0.6 is 46.4 Å². The van der Waals surface area contributed by atoms with Gasteiger partial charge in [-0.1, -0.05) is 76.7 Å². The second-order valence-corrected chi connectivity index (χ2v) is 11.0. The van der Waals surface area contributed by atoms with Crippen molar-refractivity contribution >= 4 is 58.0 Å². The van der Waals surface area contributed by atoms with Crippen LogP contribution < -0.4 is 4.90 Å². The second kappa shape index (κ2) is 12.2. The molecule has 4 rings (SSSR count). The standard InChI is InChI=1S/C28H29Cl4N3O/c1-33(2)18-28(36)35(22-10-12-24(30)26(32)16-22)27(17-34-13-3-4-14-34)20-7-5-19(6-8-20)23-11-9-21(29)15-25(23)31/h5-12,15-16,27H,3-4,13-14,17-18H2,1-2H3. The Morgan fingerprint density at radius 1 is 0.861 bits per heavy atom. The van der Waals surface area contributed by atoms with E-state index < -0.39 is 0 Å². The van der Waals surface area contributed by atoms with Gasteiger partial charge in [0, 0.05) is 27.8 Å². The van der Waals surface area contributed by atoms with Crippen molar-refractivity contribution < 1.29 is 4.79 Å². The van der Waals surface area contributed by atoms with E-state index in [1.54, 1.807) is 18.2 Å². The van der Waals surface area contributed by atoms with Crippen molar-refractivity contribution in [2.45, 2.75) is 18.9 Å². The van der Waals surface area contributed by atoms with Gasteiger partial charge in [-0.3, -0.25) is 4.79 Å². The summed E-state index contributed by atoms with van der Waals surface area (Å²) in [5.41, 5.74) is 3.66. The zero-order valence-corrected chi connectivity index (χ0v) is 23.4. The summed E-state index contributed by atoms with van der Waals surface area (Å²) in [4.78, 5) is 19.8. The van der Waals surface area contributed by atoms with Gasteiger partial charge in [-0.25, -0.2) is 0 Å². The SMILES string of the molecule is CN(C)CC(=O)N(c1ccc(Cl)c(Cl)c1)C(CN1CCCC1)c1ccc(-c2ccc(Cl)cc2Cl)cc1. The molecule has 1 aliphatic rings. The van der Waals surface area contributed by atoms with E-state index >= 15 is 0 Å². The van der Waals surface area contributed by atoms with Crippen molar-refractivity contribution in [3.8, 4) is 11.1 Å². The molecule has 4 nitrogen and oxygen atoms in total. The van der Waals surface area contributed by atoms with E-state index in [1.807, 2.05) is 54.2 Å². The minimum absolute atomic E-state index is 0.00703. The molecule has 36 heavy (non-hydrogen) atoms. The smallest absolute Gasteiger partial charge is 0.241 e. The van der Waals surface area contributed by atoms with Crippen LogP contribution in [0.5, 0.6) is 0 Å². The topological polar surface area (TPSA) is 26.8 Å². The number of halogens is 4. The number of carbonyl (C=O) groups excluding carboxylic acids is 1. The molecule has 8 heteroatoms. The Morgan fingerprint density at radius 2 is 1.56 bits per heavy atom. The van der Waals surface area contributed by atoms with E-state index in [0.29, 0.717) is 20.1 Å². The first kappa shape index (κ1) is 27.3. The quantitative estimate of drug-likeness (QED) is 0.280. The Kier molecular flexibility index (Phi) is 9.21. The van der Waals surface area contributed by atoms with E-state index in [2.05, 4.69) is 17.0 Å². The minimum atomic E-state index is -0.206. The molecule has 0 aliphatic carbocycles. The van der Waals surface area contributed by atoms with Gasteiger partial charge in [0.25, 0.3) is 0 Å². The van der Waals surface area contributed by atoms with E-state index in [4.69, 9.17) is 46.4 Å². The summed E-state index contributed by atoms with van der Waals surface area (Å²) in [5, 5.41) is 2.08. The van der Waals surface area contributed by atoms with Gasteiger partial charge in [-0.2, -0.15) is 0 Å². The number of nitrogens with zero attached hydrogens (tertiary/aromatic N) is 3. The molecule has 0 N–H and O–H groups in total. The number of rotatable bonds is 8. The largest absolute Gasteiger partial charge is 0.302 e. The lowest BCUT2D eigenvalue weighted by molar-refractivity contribution is -0.119. The summed E-state index contributed by atoms with van der Waals surface area (Å²) in [6.07, 6.45) is 2.33. The maximum Gasteiger partial charge on any atom is 0.241 e. The fourth-order valence-electron chi connectivity index (χ4n) is 4.63. The Balaban J connectivity index is 1.76. The fourth-order valence-corrected chi connectivity index (χ4v) is 5.44. The van der Waals surface area contributed by atoms with Gasteiger partial charge in [0.1, 0.15) is 0 Å². The third-order valence-electron chi connectivity index (χ3n) is 6.38. The van der Waals surface area contributed by atoms with Crippen LogP contribution in [0.15, 0.2) is 60.7 Å². The molecular formula is C28H29Cl4N3O. The zero-order chi connectivity index (χ0) is 25.8. The van der Waals surface area contributed by atoms with Crippen LogP contribution in [-0.4, -0.2) is 56.0 Å². The van der Waals surface area contributed by atoms with Crippen molar-refractivity contribution in [1.82, 2.24) is 9.80 Å². The number of hydrogen-bond acceptors (Lipinski definition) is 3. The van der Waals surface area contributed by atoms with E-state index in [1.165, 1.54) is 12.8 Å². The number of likely N-dealkylation sites (tertiary alicyclic amines) is 1. The molecule has 0 aromatic heterocycles. The molecule has 1 saturated heterocycles. The number of hydrogen-bond donors (Lipinski definition) is 0. The molecule has 1 heterocycles. The predicted molar refractivity (Wildman–Crippen MR) is 153 cm³/mol. The minimum Gasteiger partial charge on any atom is -0.302 e. The Morgan fingerprint density at radius 3 is 2.17 bits per heavy atom. The summed E-state index contributed by atoms with van der Waals surface area (Å²) in [6.45, 7) is 3.04. The van der Waals surface area contributed by atoms with Crippen LogP contribution in [0.2, 0.25) is 20.1 Å². The summed E-state index contributed by atoms with van der Waals surface area (Å²) in [7, 11) is 3.79. The first-order valence-corrected chi connectivity index (χ1v) is 13.4. The molecule has 1 amide bonds.